The van der Waals surface area contributed by atoms with E-state index in [1.807, 2.05) is 0 Å². The van der Waals surface area contributed by atoms with Crippen LogP contribution in [0.3, 0.4) is 0 Å². The van der Waals surface area contributed by atoms with Crippen LogP contribution in [0.5, 0.6) is 11.5 Å². The van der Waals surface area contributed by atoms with Crippen molar-refractivity contribution in [1.29, 1.82) is 0 Å². The molecule has 2 aromatic rings. The average molecular weight is 433 g/mol. The molecule has 0 radical (unpaired) electrons. The van der Waals surface area contributed by atoms with E-state index in [0.717, 1.165) is 49.7 Å². The summed E-state index contributed by atoms with van der Waals surface area (Å²) in [4.78, 5) is 7.89. The Morgan fingerprint density at radius 1 is 0.969 bits per heavy atom. The summed E-state index contributed by atoms with van der Waals surface area (Å²) in [6, 6.07) is 10.7. The van der Waals surface area contributed by atoms with Crippen LogP contribution >= 0.6 is 0 Å². The maximum atomic E-state index is 6.55. The molecule has 1 fully saturated rings. The predicted molar refractivity (Wildman–Crippen MR) is 130 cm³/mol. The third-order valence-corrected chi connectivity index (χ3v) is 7.05. The molecule has 32 heavy (non-hydrogen) atoms. The second kappa shape index (κ2) is 7.91. The summed E-state index contributed by atoms with van der Waals surface area (Å²) in [5.41, 5.74) is 7.15. The second-order valence-corrected chi connectivity index (χ2v) is 10.9. The molecule has 0 N–H and O–H groups in total. The SMILES string of the molecule is COc1c(CN2CCCCC2)c2c(c3c1OC(C)(C)C3)C(c1ccccc1)=NC(C)(C)C2. The van der Waals surface area contributed by atoms with Crippen molar-refractivity contribution in [3.8, 4) is 11.5 Å². The first kappa shape index (κ1) is 21.5. The molecule has 0 bridgehead atoms. The molecule has 0 aliphatic carbocycles. The van der Waals surface area contributed by atoms with Crippen LogP contribution in [-0.4, -0.2) is 42.0 Å². The van der Waals surface area contributed by atoms with Gasteiger partial charge >= 0.3 is 0 Å². The molecule has 170 valence electrons. The average Bonchev–Trinajstić information content (AvgIpc) is 3.09. The smallest absolute Gasteiger partial charge is 0.166 e. The Bertz CT molecular complexity index is 1050. The van der Waals surface area contributed by atoms with Crippen molar-refractivity contribution in [2.75, 3.05) is 20.2 Å². The molecule has 0 spiro atoms. The molecule has 0 saturated carbocycles. The summed E-state index contributed by atoms with van der Waals surface area (Å²) in [6.45, 7) is 12.1. The zero-order valence-corrected chi connectivity index (χ0v) is 20.3. The van der Waals surface area contributed by atoms with Crippen LogP contribution in [0, 0.1) is 0 Å². The molecule has 0 unspecified atom stereocenters. The first-order valence-electron chi connectivity index (χ1n) is 12.1. The number of hydrogen-bond donors (Lipinski definition) is 0. The summed E-state index contributed by atoms with van der Waals surface area (Å²) >= 11 is 0. The van der Waals surface area contributed by atoms with Crippen molar-refractivity contribution < 1.29 is 9.47 Å². The number of aliphatic imine (C=N–C) groups is 1. The summed E-state index contributed by atoms with van der Waals surface area (Å²) in [6.07, 6.45) is 5.69. The minimum Gasteiger partial charge on any atom is -0.493 e. The van der Waals surface area contributed by atoms with E-state index in [1.54, 1.807) is 7.11 Å². The van der Waals surface area contributed by atoms with Gasteiger partial charge in [-0.05, 0) is 65.6 Å². The maximum absolute atomic E-state index is 6.55. The van der Waals surface area contributed by atoms with Crippen LogP contribution in [0.25, 0.3) is 0 Å². The molecule has 3 aliphatic rings. The molecular formula is C28H36N2O2. The van der Waals surface area contributed by atoms with Gasteiger partial charge < -0.3 is 9.47 Å². The highest BCUT2D eigenvalue weighted by atomic mass is 16.5. The summed E-state index contributed by atoms with van der Waals surface area (Å²) < 4.78 is 12.7. The van der Waals surface area contributed by atoms with Gasteiger partial charge in [-0.25, -0.2) is 0 Å². The minimum atomic E-state index is -0.248. The summed E-state index contributed by atoms with van der Waals surface area (Å²) in [5.74, 6) is 1.88. The van der Waals surface area contributed by atoms with Gasteiger partial charge in [-0.3, -0.25) is 9.89 Å². The lowest BCUT2D eigenvalue weighted by Crippen LogP contribution is -2.34. The Balaban J connectivity index is 1.76. The van der Waals surface area contributed by atoms with Crippen LogP contribution in [0.2, 0.25) is 0 Å². The van der Waals surface area contributed by atoms with Crippen molar-refractivity contribution >= 4 is 5.71 Å². The van der Waals surface area contributed by atoms with Crippen LogP contribution < -0.4 is 9.47 Å². The fraction of sp³-hybridized carbons (Fsp3) is 0.536. The minimum absolute atomic E-state index is 0.164. The maximum Gasteiger partial charge on any atom is 0.166 e. The van der Waals surface area contributed by atoms with Gasteiger partial charge in [-0.15, -0.1) is 0 Å². The van der Waals surface area contributed by atoms with E-state index >= 15 is 0 Å². The van der Waals surface area contributed by atoms with Crippen LogP contribution in [-0.2, 0) is 19.4 Å². The molecule has 4 nitrogen and oxygen atoms in total. The van der Waals surface area contributed by atoms with Gasteiger partial charge in [0.05, 0.1) is 18.4 Å². The monoisotopic (exact) mass is 432 g/mol. The van der Waals surface area contributed by atoms with Gasteiger partial charge in [-0.2, -0.15) is 0 Å². The van der Waals surface area contributed by atoms with Crippen molar-refractivity contribution in [3.63, 3.8) is 0 Å². The lowest BCUT2D eigenvalue weighted by Gasteiger charge is -2.35. The largest absolute Gasteiger partial charge is 0.493 e. The van der Waals surface area contributed by atoms with Gasteiger partial charge in [0.1, 0.15) is 5.60 Å². The number of fused-ring (bicyclic) bond motifs is 3. The number of nitrogens with zero attached hydrogens (tertiary/aromatic N) is 2. The molecule has 2 aromatic carbocycles. The Kier molecular flexibility index (Phi) is 5.32. The summed E-state index contributed by atoms with van der Waals surface area (Å²) in [5, 5.41) is 0. The standard InChI is InChI=1S/C28H36N2O2/c1-27(2)16-20-22(18-30-14-10-7-11-15-30)25(31-5)26-21(17-28(3,4)32-26)23(20)24(29-27)19-12-8-6-9-13-19/h6,8-9,12-13H,7,10-11,14-18H2,1-5H3. The lowest BCUT2D eigenvalue weighted by atomic mass is 9.78. The van der Waals surface area contributed by atoms with E-state index in [-0.39, 0.29) is 11.1 Å². The fourth-order valence-corrected chi connectivity index (χ4v) is 5.71. The fourth-order valence-electron chi connectivity index (χ4n) is 5.71. The Morgan fingerprint density at radius 3 is 2.38 bits per heavy atom. The number of ether oxygens (including phenoxy) is 2. The van der Waals surface area contributed by atoms with Crippen molar-refractivity contribution in [2.24, 2.45) is 4.99 Å². The van der Waals surface area contributed by atoms with E-state index in [1.165, 1.54) is 47.1 Å². The van der Waals surface area contributed by atoms with E-state index in [2.05, 4.69) is 62.9 Å². The Morgan fingerprint density at radius 2 is 1.69 bits per heavy atom. The highest BCUT2D eigenvalue weighted by Crippen LogP contribution is 2.50. The van der Waals surface area contributed by atoms with Crippen molar-refractivity contribution in [2.45, 2.75) is 77.5 Å². The van der Waals surface area contributed by atoms with Crippen LogP contribution in [0.15, 0.2) is 35.3 Å². The third-order valence-electron chi connectivity index (χ3n) is 7.05. The van der Waals surface area contributed by atoms with Gasteiger partial charge in [0, 0.05) is 35.2 Å². The van der Waals surface area contributed by atoms with E-state index in [0.29, 0.717) is 0 Å². The first-order chi connectivity index (χ1) is 15.3. The number of piperidine rings is 1. The molecule has 3 aliphatic heterocycles. The van der Waals surface area contributed by atoms with Gasteiger partial charge in [0.15, 0.2) is 11.5 Å². The van der Waals surface area contributed by atoms with Crippen LogP contribution in [0.1, 0.15) is 74.8 Å². The van der Waals surface area contributed by atoms with E-state index < -0.39 is 0 Å². The number of rotatable bonds is 4. The highest BCUT2D eigenvalue weighted by molar-refractivity contribution is 6.16. The molecule has 1 saturated heterocycles. The normalized spacial score (nSPS) is 21.3. The first-order valence-corrected chi connectivity index (χ1v) is 12.1. The molecule has 3 heterocycles. The predicted octanol–water partition coefficient (Wildman–Crippen LogP) is 5.57. The Hall–Kier alpha value is -2.33. The third kappa shape index (κ3) is 3.83. The lowest BCUT2D eigenvalue weighted by molar-refractivity contribution is 0.133. The second-order valence-electron chi connectivity index (χ2n) is 10.9. The Labute approximate surface area is 192 Å². The number of likely N-dealkylation sites (tertiary alicyclic amines) is 1. The van der Waals surface area contributed by atoms with Crippen LogP contribution in [0.4, 0.5) is 0 Å². The quantitative estimate of drug-likeness (QED) is 0.634. The molecule has 0 atom stereocenters. The summed E-state index contributed by atoms with van der Waals surface area (Å²) in [7, 11) is 1.80. The number of benzene rings is 2. The van der Waals surface area contributed by atoms with E-state index in [9.17, 15) is 0 Å². The zero-order valence-electron chi connectivity index (χ0n) is 20.3. The number of methoxy groups -OCH3 is 1. The van der Waals surface area contributed by atoms with Gasteiger partial charge in [-0.1, -0.05) is 36.8 Å². The van der Waals surface area contributed by atoms with Crippen molar-refractivity contribution in [3.05, 3.63) is 58.1 Å². The topological polar surface area (TPSA) is 34.1 Å². The van der Waals surface area contributed by atoms with Crippen molar-refractivity contribution in [1.82, 2.24) is 4.90 Å². The van der Waals surface area contributed by atoms with E-state index in [4.69, 9.17) is 14.5 Å². The molecule has 0 amide bonds. The highest BCUT2D eigenvalue weighted by Gasteiger charge is 2.42. The van der Waals surface area contributed by atoms with Gasteiger partial charge in [0.2, 0.25) is 0 Å². The number of hydrogen-bond acceptors (Lipinski definition) is 4. The molecule has 4 heteroatoms. The molecular weight excluding hydrogens is 396 g/mol. The van der Waals surface area contributed by atoms with Gasteiger partial charge in [0.25, 0.3) is 0 Å². The molecule has 0 aromatic heterocycles. The molecule has 5 rings (SSSR count). The zero-order chi connectivity index (χ0) is 22.5.